The first kappa shape index (κ1) is 15.5. The molecule has 1 saturated heterocycles. The maximum atomic E-state index is 12.6. The number of amides is 1. The summed E-state index contributed by atoms with van der Waals surface area (Å²) in [6.07, 6.45) is 3.63. The molecule has 0 aromatic heterocycles. The normalized spacial score (nSPS) is 22.0. The van der Waals surface area contributed by atoms with Crippen LogP contribution in [0, 0.1) is 0 Å². The van der Waals surface area contributed by atoms with Gasteiger partial charge in [0, 0.05) is 24.1 Å². The second-order valence-corrected chi connectivity index (χ2v) is 5.69. The molecule has 0 spiro atoms. The smallest absolute Gasteiger partial charge is 0.310 e. The molecule has 2 unspecified atom stereocenters. The van der Waals surface area contributed by atoms with Crippen molar-refractivity contribution in [1.82, 2.24) is 4.90 Å². The molecule has 114 valence electrons. The van der Waals surface area contributed by atoms with Crippen LogP contribution in [0.3, 0.4) is 0 Å². The maximum absolute atomic E-state index is 12.6. The third kappa shape index (κ3) is 3.63. The highest BCUT2D eigenvalue weighted by molar-refractivity contribution is 5.94. The van der Waals surface area contributed by atoms with Crippen molar-refractivity contribution in [2.75, 3.05) is 0 Å². The molecule has 1 fully saturated rings. The van der Waals surface area contributed by atoms with Crippen LogP contribution >= 0.6 is 0 Å². The van der Waals surface area contributed by atoms with E-state index in [1.165, 1.54) is 6.42 Å². The molecule has 4 nitrogen and oxygen atoms in total. The lowest BCUT2D eigenvalue weighted by molar-refractivity contribution is -0.134. The fourth-order valence-electron chi connectivity index (χ4n) is 2.84. The van der Waals surface area contributed by atoms with Crippen molar-refractivity contribution >= 4 is 11.9 Å². The van der Waals surface area contributed by atoms with Crippen LogP contribution in [-0.2, 0) is 4.79 Å². The number of hydrogen-bond donors (Lipinski definition) is 0. The summed E-state index contributed by atoms with van der Waals surface area (Å²) in [5, 5.41) is 0. The van der Waals surface area contributed by atoms with Crippen LogP contribution < -0.4 is 4.74 Å². The average molecular weight is 289 g/mol. The maximum Gasteiger partial charge on any atom is 0.310 e. The van der Waals surface area contributed by atoms with Crippen LogP contribution in [0.15, 0.2) is 24.3 Å². The predicted molar refractivity (Wildman–Crippen MR) is 81.3 cm³/mol. The Labute approximate surface area is 126 Å². The molecule has 2 rings (SSSR count). The van der Waals surface area contributed by atoms with Gasteiger partial charge in [-0.25, -0.2) is 0 Å². The molecule has 1 aromatic rings. The van der Waals surface area contributed by atoms with Gasteiger partial charge in [0.25, 0.3) is 5.91 Å². The zero-order chi connectivity index (χ0) is 15.4. The number of esters is 1. The summed E-state index contributed by atoms with van der Waals surface area (Å²) < 4.78 is 5.12. The first-order valence-electron chi connectivity index (χ1n) is 7.66. The monoisotopic (exact) mass is 289 g/mol. The molecule has 1 aliphatic rings. The SMILES string of the molecule is CCC(=O)Oc1ccc(C(=O)N2C(C)CCCC2C)cc1. The van der Waals surface area contributed by atoms with E-state index >= 15 is 0 Å². The van der Waals surface area contributed by atoms with E-state index in [0.717, 1.165) is 12.8 Å². The van der Waals surface area contributed by atoms with Crippen LogP contribution in [0.2, 0.25) is 0 Å². The molecule has 0 N–H and O–H groups in total. The largest absolute Gasteiger partial charge is 0.427 e. The molecule has 0 aliphatic carbocycles. The van der Waals surface area contributed by atoms with Crippen LogP contribution in [-0.4, -0.2) is 28.9 Å². The Kier molecular flexibility index (Phi) is 4.99. The van der Waals surface area contributed by atoms with E-state index in [0.29, 0.717) is 17.7 Å². The number of ether oxygens (including phenoxy) is 1. The Hall–Kier alpha value is -1.84. The molecule has 1 aromatic carbocycles. The highest BCUT2D eigenvalue weighted by atomic mass is 16.5. The molecular formula is C17H23NO3. The lowest BCUT2D eigenvalue weighted by Crippen LogP contribution is -2.47. The van der Waals surface area contributed by atoms with E-state index in [1.54, 1.807) is 31.2 Å². The standard InChI is InChI=1S/C17H23NO3/c1-4-16(19)21-15-10-8-14(9-11-15)17(20)18-12(2)6-5-7-13(18)3/h8-13H,4-7H2,1-3H3. The molecule has 0 radical (unpaired) electrons. The number of rotatable bonds is 3. The number of hydrogen-bond acceptors (Lipinski definition) is 3. The number of benzene rings is 1. The molecule has 1 heterocycles. The first-order valence-corrected chi connectivity index (χ1v) is 7.66. The highest BCUT2D eigenvalue weighted by Crippen LogP contribution is 2.25. The van der Waals surface area contributed by atoms with E-state index in [9.17, 15) is 9.59 Å². The summed E-state index contributed by atoms with van der Waals surface area (Å²) in [6.45, 7) is 5.95. The molecule has 4 heteroatoms. The number of nitrogens with zero attached hydrogens (tertiary/aromatic N) is 1. The third-order valence-electron chi connectivity index (χ3n) is 4.05. The summed E-state index contributed by atoms with van der Waals surface area (Å²) in [7, 11) is 0. The summed E-state index contributed by atoms with van der Waals surface area (Å²) in [6, 6.07) is 7.38. The van der Waals surface area contributed by atoms with Gasteiger partial charge in [0.05, 0.1) is 0 Å². The number of likely N-dealkylation sites (tertiary alicyclic amines) is 1. The zero-order valence-electron chi connectivity index (χ0n) is 13.0. The number of carbonyl (C=O) groups is 2. The van der Waals surface area contributed by atoms with E-state index in [2.05, 4.69) is 13.8 Å². The van der Waals surface area contributed by atoms with Gasteiger partial charge in [0.15, 0.2) is 0 Å². The molecule has 0 bridgehead atoms. The van der Waals surface area contributed by atoms with Gasteiger partial charge in [-0.15, -0.1) is 0 Å². The second-order valence-electron chi connectivity index (χ2n) is 5.69. The molecule has 0 saturated carbocycles. The minimum atomic E-state index is -0.271. The Morgan fingerprint density at radius 3 is 2.24 bits per heavy atom. The molecular weight excluding hydrogens is 266 g/mol. The van der Waals surface area contributed by atoms with E-state index in [1.807, 2.05) is 4.90 Å². The van der Waals surface area contributed by atoms with Crippen molar-refractivity contribution in [2.45, 2.75) is 58.5 Å². The van der Waals surface area contributed by atoms with E-state index in [-0.39, 0.29) is 24.0 Å². The summed E-state index contributed by atoms with van der Waals surface area (Å²) in [5.41, 5.74) is 0.645. The fourth-order valence-corrected chi connectivity index (χ4v) is 2.84. The Bertz CT molecular complexity index is 499. The lowest BCUT2D eigenvalue weighted by atomic mass is 9.96. The van der Waals surface area contributed by atoms with Gasteiger partial charge in [0.2, 0.25) is 0 Å². The van der Waals surface area contributed by atoms with Crippen LogP contribution in [0.1, 0.15) is 56.8 Å². The Morgan fingerprint density at radius 2 is 1.71 bits per heavy atom. The van der Waals surface area contributed by atoms with Crippen LogP contribution in [0.25, 0.3) is 0 Å². The van der Waals surface area contributed by atoms with Crippen molar-refractivity contribution in [1.29, 1.82) is 0 Å². The Morgan fingerprint density at radius 1 is 1.14 bits per heavy atom. The Balaban J connectivity index is 2.10. The molecule has 2 atom stereocenters. The quantitative estimate of drug-likeness (QED) is 0.633. The minimum Gasteiger partial charge on any atom is -0.427 e. The van der Waals surface area contributed by atoms with Gasteiger partial charge >= 0.3 is 5.97 Å². The number of piperidine rings is 1. The third-order valence-corrected chi connectivity index (χ3v) is 4.05. The van der Waals surface area contributed by atoms with Crippen molar-refractivity contribution in [3.8, 4) is 5.75 Å². The summed E-state index contributed by atoms with van der Waals surface area (Å²) >= 11 is 0. The van der Waals surface area contributed by atoms with Crippen molar-refractivity contribution in [2.24, 2.45) is 0 Å². The van der Waals surface area contributed by atoms with Gasteiger partial charge in [-0.3, -0.25) is 9.59 Å². The van der Waals surface area contributed by atoms with Crippen molar-refractivity contribution < 1.29 is 14.3 Å². The highest BCUT2D eigenvalue weighted by Gasteiger charge is 2.29. The van der Waals surface area contributed by atoms with Gasteiger partial charge in [-0.1, -0.05) is 6.92 Å². The van der Waals surface area contributed by atoms with Gasteiger partial charge in [0.1, 0.15) is 5.75 Å². The van der Waals surface area contributed by atoms with Crippen molar-refractivity contribution in [3.63, 3.8) is 0 Å². The molecule has 1 aliphatic heterocycles. The van der Waals surface area contributed by atoms with Crippen molar-refractivity contribution in [3.05, 3.63) is 29.8 Å². The van der Waals surface area contributed by atoms with Gasteiger partial charge in [-0.2, -0.15) is 0 Å². The average Bonchev–Trinajstić information content (AvgIpc) is 2.47. The predicted octanol–water partition coefficient (Wildman–Crippen LogP) is 3.41. The van der Waals surface area contributed by atoms with Gasteiger partial charge in [-0.05, 0) is 57.4 Å². The lowest BCUT2D eigenvalue weighted by Gasteiger charge is -2.39. The fraction of sp³-hybridized carbons (Fsp3) is 0.529. The molecule has 1 amide bonds. The summed E-state index contributed by atoms with van der Waals surface area (Å²) in [5.74, 6) is 0.272. The number of carbonyl (C=O) groups excluding carboxylic acids is 2. The minimum absolute atomic E-state index is 0.0584. The zero-order valence-corrected chi connectivity index (χ0v) is 13.0. The topological polar surface area (TPSA) is 46.6 Å². The van der Waals surface area contributed by atoms with Crippen LogP contribution in [0.4, 0.5) is 0 Å². The second kappa shape index (κ2) is 6.74. The molecule has 21 heavy (non-hydrogen) atoms. The summed E-state index contributed by atoms with van der Waals surface area (Å²) in [4.78, 5) is 25.8. The van der Waals surface area contributed by atoms with Gasteiger partial charge < -0.3 is 9.64 Å². The van der Waals surface area contributed by atoms with E-state index < -0.39 is 0 Å². The first-order chi connectivity index (χ1) is 10.0. The van der Waals surface area contributed by atoms with Crippen LogP contribution in [0.5, 0.6) is 5.75 Å². The van der Waals surface area contributed by atoms with E-state index in [4.69, 9.17) is 4.74 Å².